The molecule has 1 aliphatic rings. The molecular formula is C18H25N3O3. The van der Waals surface area contributed by atoms with Crippen LogP contribution in [0.5, 0.6) is 0 Å². The highest BCUT2D eigenvalue weighted by Crippen LogP contribution is 2.14. The number of hydrogen-bond acceptors (Lipinski definition) is 3. The summed E-state index contributed by atoms with van der Waals surface area (Å²) in [7, 11) is 1.75. The number of anilines is 1. The minimum atomic E-state index is 0.00963. The van der Waals surface area contributed by atoms with E-state index in [2.05, 4.69) is 0 Å². The number of piperazine rings is 1. The molecule has 0 bridgehead atoms. The van der Waals surface area contributed by atoms with Crippen LogP contribution in [0.2, 0.25) is 0 Å². The highest BCUT2D eigenvalue weighted by Gasteiger charge is 2.22. The maximum Gasteiger partial charge on any atom is 0.226 e. The van der Waals surface area contributed by atoms with E-state index in [9.17, 15) is 14.4 Å². The molecule has 6 nitrogen and oxygen atoms in total. The summed E-state index contributed by atoms with van der Waals surface area (Å²) < 4.78 is 0. The Morgan fingerprint density at radius 2 is 1.54 bits per heavy atom. The summed E-state index contributed by atoms with van der Waals surface area (Å²) in [6.07, 6.45) is 1.26. The number of carbonyl (C=O) groups is 3. The van der Waals surface area contributed by atoms with Gasteiger partial charge in [-0.05, 0) is 18.6 Å². The molecule has 1 aliphatic heterocycles. The molecule has 0 spiro atoms. The van der Waals surface area contributed by atoms with Crippen molar-refractivity contribution in [1.29, 1.82) is 0 Å². The van der Waals surface area contributed by atoms with Crippen molar-refractivity contribution in [3.05, 3.63) is 30.3 Å². The molecule has 1 heterocycles. The van der Waals surface area contributed by atoms with Gasteiger partial charge in [0.25, 0.3) is 0 Å². The first kappa shape index (κ1) is 18.0. The summed E-state index contributed by atoms with van der Waals surface area (Å²) >= 11 is 0. The van der Waals surface area contributed by atoms with Crippen LogP contribution in [0.25, 0.3) is 0 Å². The number of benzene rings is 1. The molecule has 0 saturated carbocycles. The third-order valence-electron chi connectivity index (χ3n) is 4.38. The average molecular weight is 331 g/mol. The van der Waals surface area contributed by atoms with Crippen LogP contribution in [-0.4, -0.2) is 60.7 Å². The fraction of sp³-hybridized carbons (Fsp3) is 0.500. The van der Waals surface area contributed by atoms with E-state index in [4.69, 9.17) is 0 Å². The van der Waals surface area contributed by atoms with Crippen LogP contribution in [0.4, 0.5) is 5.69 Å². The maximum absolute atomic E-state index is 12.2. The number of amides is 3. The van der Waals surface area contributed by atoms with E-state index < -0.39 is 0 Å². The molecule has 0 unspecified atom stereocenters. The summed E-state index contributed by atoms with van der Waals surface area (Å²) in [6.45, 7) is 3.90. The van der Waals surface area contributed by atoms with E-state index in [0.29, 0.717) is 45.4 Å². The Bertz CT molecular complexity index is 580. The second kappa shape index (κ2) is 8.47. The summed E-state index contributed by atoms with van der Waals surface area (Å²) in [4.78, 5) is 40.8. The molecule has 0 atom stereocenters. The van der Waals surface area contributed by atoms with Crippen LogP contribution in [0.15, 0.2) is 30.3 Å². The van der Waals surface area contributed by atoms with Crippen molar-refractivity contribution >= 4 is 23.4 Å². The van der Waals surface area contributed by atoms with Gasteiger partial charge in [0.1, 0.15) is 0 Å². The number of rotatable bonds is 5. The van der Waals surface area contributed by atoms with E-state index in [1.165, 1.54) is 0 Å². The second-order valence-electron chi connectivity index (χ2n) is 6.03. The molecule has 24 heavy (non-hydrogen) atoms. The molecule has 0 aromatic heterocycles. The molecule has 3 amide bonds. The van der Waals surface area contributed by atoms with E-state index in [-0.39, 0.29) is 17.7 Å². The molecule has 6 heteroatoms. The minimum Gasteiger partial charge on any atom is -0.339 e. The highest BCUT2D eigenvalue weighted by atomic mass is 16.2. The normalized spacial score (nSPS) is 14.4. The predicted octanol–water partition coefficient (Wildman–Crippen LogP) is 1.51. The molecule has 0 aliphatic carbocycles. The van der Waals surface area contributed by atoms with Crippen LogP contribution in [-0.2, 0) is 14.4 Å². The smallest absolute Gasteiger partial charge is 0.226 e. The highest BCUT2D eigenvalue weighted by molar-refractivity contribution is 5.93. The van der Waals surface area contributed by atoms with Gasteiger partial charge in [-0.25, -0.2) is 0 Å². The van der Waals surface area contributed by atoms with Crippen LogP contribution in [0, 0.1) is 0 Å². The van der Waals surface area contributed by atoms with Crippen LogP contribution in [0.1, 0.15) is 26.2 Å². The summed E-state index contributed by atoms with van der Waals surface area (Å²) in [5, 5.41) is 0. The average Bonchev–Trinajstić information content (AvgIpc) is 2.61. The SMILES string of the molecule is CC(=O)N1CCN(C(=O)CCCC(=O)N(C)c2ccccc2)CC1. The zero-order valence-electron chi connectivity index (χ0n) is 14.4. The molecule has 1 aromatic rings. The van der Waals surface area contributed by atoms with Crippen molar-refractivity contribution in [2.24, 2.45) is 0 Å². The quantitative estimate of drug-likeness (QED) is 0.822. The Balaban J connectivity index is 1.71. The van der Waals surface area contributed by atoms with E-state index in [0.717, 1.165) is 5.69 Å². The molecule has 1 saturated heterocycles. The first-order valence-electron chi connectivity index (χ1n) is 8.34. The first-order chi connectivity index (χ1) is 11.5. The Morgan fingerprint density at radius 1 is 0.958 bits per heavy atom. The second-order valence-corrected chi connectivity index (χ2v) is 6.03. The van der Waals surface area contributed by atoms with Gasteiger partial charge in [0.2, 0.25) is 17.7 Å². The Hall–Kier alpha value is -2.37. The van der Waals surface area contributed by atoms with Gasteiger partial charge in [0.05, 0.1) is 0 Å². The number of para-hydroxylation sites is 1. The van der Waals surface area contributed by atoms with Crippen molar-refractivity contribution in [2.45, 2.75) is 26.2 Å². The summed E-state index contributed by atoms with van der Waals surface area (Å²) in [5.74, 6) is 0.125. The van der Waals surface area contributed by atoms with Crippen LogP contribution < -0.4 is 4.90 Å². The predicted molar refractivity (Wildman–Crippen MR) is 92.5 cm³/mol. The van der Waals surface area contributed by atoms with Gasteiger partial charge in [-0.1, -0.05) is 18.2 Å². The number of carbonyl (C=O) groups excluding carboxylic acids is 3. The van der Waals surface area contributed by atoms with Gasteiger partial charge in [-0.15, -0.1) is 0 Å². The maximum atomic E-state index is 12.2. The Kier molecular flexibility index (Phi) is 6.35. The molecule has 130 valence electrons. The van der Waals surface area contributed by atoms with E-state index >= 15 is 0 Å². The summed E-state index contributed by atoms with van der Waals surface area (Å²) in [5.41, 5.74) is 0.856. The van der Waals surface area contributed by atoms with Crippen LogP contribution >= 0.6 is 0 Å². The van der Waals surface area contributed by atoms with Gasteiger partial charge in [-0.2, -0.15) is 0 Å². The summed E-state index contributed by atoms with van der Waals surface area (Å²) in [6, 6.07) is 9.47. The fourth-order valence-electron chi connectivity index (χ4n) is 2.78. The molecule has 1 fully saturated rings. The Morgan fingerprint density at radius 3 is 2.12 bits per heavy atom. The zero-order chi connectivity index (χ0) is 17.5. The van der Waals surface area contributed by atoms with Gasteiger partial charge in [-0.3, -0.25) is 14.4 Å². The van der Waals surface area contributed by atoms with Crippen molar-refractivity contribution in [2.75, 3.05) is 38.1 Å². The lowest BCUT2D eigenvalue weighted by Gasteiger charge is -2.34. The third-order valence-corrected chi connectivity index (χ3v) is 4.38. The Labute approximate surface area is 143 Å². The van der Waals surface area contributed by atoms with Crippen molar-refractivity contribution < 1.29 is 14.4 Å². The zero-order valence-corrected chi connectivity index (χ0v) is 14.4. The van der Waals surface area contributed by atoms with Crippen molar-refractivity contribution in [3.8, 4) is 0 Å². The van der Waals surface area contributed by atoms with Crippen LogP contribution in [0.3, 0.4) is 0 Å². The van der Waals surface area contributed by atoms with Crippen molar-refractivity contribution in [3.63, 3.8) is 0 Å². The molecule has 1 aromatic carbocycles. The standard InChI is InChI=1S/C18H25N3O3/c1-15(22)20-11-13-21(14-12-20)18(24)10-6-9-17(23)19(2)16-7-4-3-5-8-16/h3-5,7-8H,6,9-14H2,1-2H3. The first-order valence-corrected chi connectivity index (χ1v) is 8.34. The number of nitrogens with zero attached hydrogens (tertiary/aromatic N) is 3. The molecule has 0 radical (unpaired) electrons. The van der Waals surface area contributed by atoms with Gasteiger partial charge < -0.3 is 14.7 Å². The largest absolute Gasteiger partial charge is 0.339 e. The monoisotopic (exact) mass is 331 g/mol. The number of hydrogen-bond donors (Lipinski definition) is 0. The van der Waals surface area contributed by atoms with E-state index in [1.807, 2.05) is 30.3 Å². The fourth-order valence-corrected chi connectivity index (χ4v) is 2.78. The van der Waals surface area contributed by atoms with Gasteiger partial charge in [0, 0.05) is 58.7 Å². The lowest BCUT2D eigenvalue weighted by molar-refractivity contribution is -0.138. The van der Waals surface area contributed by atoms with E-state index in [1.54, 1.807) is 28.7 Å². The van der Waals surface area contributed by atoms with Gasteiger partial charge in [0.15, 0.2) is 0 Å². The molecular weight excluding hydrogens is 306 g/mol. The van der Waals surface area contributed by atoms with Crippen molar-refractivity contribution in [1.82, 2.24) is 9.80 Å². The minimum absolute atomic E-state index is 0.00963. The molecule has 0 N–H and O–H groups in total. The lowest BCUT2D eigenvalue weighted by atomic mass is 10.2. The lowest BCUT2D eigenvalue weighted by Crippen LogP contribution is -2.50. The van der Waals surface area contributed by atoms with Gasteiger partial charge >= 0.3 is 0 Å². The third kappa shape index (κ3) is 4.81. The topological polar surface area (TPSA) is 60.9 Å². The molecule has 2 rings (SSSR count).